The molecule has 0 aliphatic carbocycles. The summed E-state index contributed by atoms with van der Waals surface area (Å²) in [5.41, 5.74) is 0.0692. The fourth-order valence-electron chi connectivity index (χ4n) is 6.28. The van der Waals surface area contributed by atoms with Gasteiger partial charge in [-0.1, -0.05) is 122 Å². The molecule has 5 unspecified atom stereocenters. The van der Waals surface area contributed by atoms with Crippen molar-refractivity contribution in [2.24, 2.45) is 0 Å². The van der Waals surface area contributed by atoms with Crippen LogP contribution < -0.4 is 0 Å². The van der Waals surface area contributed by atoms with E-state index in [0.29, 0.717) is 6.42 Å². The van der Waals surface area contributed by atoms with Crippen molar-refractivity contribution in [3.8, 4) is 0 Å². The quantitative estimate of drug-likeness (QED) is 0.0280. The van der Waals surface area contributed by atoms with E-state index < -0.39 is 36.5 Å². The summed E-state index contributed by atoms with van der Waals surface area (Å²) in [5.74, 6) is -0.394. The predicted molar refractivity (Wildman–Crippen MR) is 192 cm³/mol. The van der Waals surface area contributed by atoms with Crippen molar-refractivity contribution in [1.82, 2.24) is 9.97 Å². The number of unbranched alkanes of at least 4 members (excludes halogenated alkanes) is 18. The predicted octanol–water partition coefficient (Wildman–Crippen LogP) is 8.37. The van der Waals surface area contributed by atoms with E-state index in [1.54, 1.807) is 0 Å². The Balaban J connectivity index is 1.76. The van der Waals surface area contributed by atoms with Gasteiger partial charge in [0.2, 0.25) is 12.0 Å². The third-order valence-electron chi connectivity index (χ3n) is 9.25. The minimum Gasteiger partial charge on any atom is -0.461 e. The fourth-order valence-corrected chi connectivity index (χ4v) is 6.28. The van der Waals surface area contributed by atoms with Crippen LogP contribution in [-0.4, -0.2) is 60.1 Å². The van der Waals surface area contributed by atoms with Gasteiger partial charge in [-0.2, -0.15) is 0 Å². The molecule has 2 aromatic rings. The fraction of sp³-hybridized carbons (Fsp3) is 0.718. The van der Waals surface area contributed by atoms with Crippen LogP contribution in [0.2, 0.25) is 0 Å². The highest BCUT2D eigenvalue weighted by atomic mass is 16.6. The van der Waals surface area contributed by atoms with Crippen molar-refractivity contribution < 1.29 is 56.5 Å². The molecule has 0 saturated carbocycles. The number of oxazole rings is 2. The van der Waals surface area contributed by atoms with Gasteiger partial charge in [0.25, 0.3) is 25.9 Å². The van der Waals surface area contributed by atoms with Crippen LogP contribution in [0.3, 0.4) is 0 Å². The molecule has 0 N–H and O–H groups in total. The van der Waals surface area contributed by atoms with Crippen LogP contribution in [0.4, 0.5) is 0 Å². The number of hydrogen-bond donors (Lipinski definition) is 0. The maximum Gasteiger partial charge on any atom is 0.307 e. The van der Waals surface area contributed by atoms with Gasteiger partial charge in [0.15, 0.2) is 24.4 Å². The van der Waals surface area contributed by atoms with E-state index in [0.717, 1.165) is 19.3 Å². The average Bonchev–Trinajstić information content (AvgIpc) is 3.87. The molecule has 14 heteroatoms. The third kappa shape index (κ3) is 18.9. The molecule has 0 spiro atoms. The van der Waals surface area contributed by atoms with Crippen molar-refractivity contribution in [2.75, 3.05) is 0 Å². The molecule has 0 amide bonds. The maximum absolute atomic E-state index is 12.9. The Hall–Kier alpha value is -4.23. The van der Waals surface area contributed by atoms with E-state index in [2.05, 4.69) is 16.9 Å². The molecule has 2 aromatic heterocycles. The molecule has 0 aliphatic rings. The van der Waals surface area contributed by atoms with Crippen LogP contribution in [0.25, 0.3) is 0 Å². The Labute approximate surface area is 313 Å². The number of ether oxygens (including phenoxy) is 5. The number of carbonyl (C=O) groups excluding carboxylic acids is 5. The molecule has 0 radical (unpaired) electrons. The van der Waals surface area contributed by atoms with Crippen LogP contribution in [0.5, 0.6) is 0 Å². The van der Waals surface area contributed by atoms with Gasteiger partial charge >= 0.3 is 5.97 Å². The highest BCUT2D eigenvalue weighted by molar-refractivity contribution is 5.69. The van der Waals surface area contributed by atoms with Crippen molar-refractivity contribution in [1.29, 1.82) is 0 Å². The van der Waals surface area contributed by atoms with Crippen molar-refractivity contribution in [2.45, 2.75) is 179 Å². The summed E-state index contributed by atoms with van der Waals surface area (Å²) in [5, 5.41) is 0. The standard InChI is InChI=1S/C39H60N2O12/c1-3-4-5-6-7-8-9-10-11-12-13-14-15-16-17-18-19-20-21-22-36(46)53-38(35-24-40-26-48-35)39-41-32(25-47-39)33(50-28-43)23-34(51-29-44)37(52-30-45)31(2)49-27-42/h24-31,33-34,37-38H,3-23H2,1-2H3. The van der Waals surface area contributed by atoms with E-state index in [4.69, 9.17) is 32.5 Å². The summed E-state index contributed by atoms with van der Waals surface area (Å²) in [6.07, 6.45) is 21.8. The van der Waals surface area contributed by atoms with Crippen LogP contribution >= 0.6 is 0 Å². The van der Waals surface area contributed by atoms with E-state index >= 15 is 0 Å². The zero-order valence-electron chi connectivity index (χ0n) is 31.6. The summed E-state index contributed by atoms with van der Waals surface area (Å²) in [4.78, 5) is 65.8. The second-order valence-electron chi connectivity index (χ2n) is 13.4. The summed E-state index contributed by atoms with van der Waals surface area (Å²) >= 11 is 0. The van der Waals surface area contributed by atoms with Crippen LogP contribution in [0.15, 0.2) is 27.7 Å². The molecule has 0 bridgehead atoms. The Morgan fingerprint density at radius 2 is 1.23 bits per heavy atom. The molecule has 0 saturated heterocycles. The topological polar surface area (TPSA) is 184 Å². The van der Waals surface area contributed by atoms with Gasteiger partial charge < -0.3 is 32.5 Å². The summed E-state index contributed by atoms with van der Waals surface area (Å²) in [6.45, 7) is 4.22. The smallest absolute Gasteiger partial charge is 0.307 e. The molecule has 5 atom stereocenters. The van der Waals surface area contributed by atoms with Gasteiger partial charge in [-0.05, 0) is 13.3 Å². The first-order chi connectivity index (χ1) is 26.0. The first kappa shape index (κ1) is 44.9. The lowest BCUT2D eigenvalue weighted by molar-refractivity contribution is -0.170. The third-order valence-corrected chi connectivity index (χ3v) is 9.25. The van der Waals surface area contributed by atoms with E-state index in [1.165, 1.54) is 122 Å². The summed E-state index contributed by atoms with van der Waals surface area (Å²) in [6, 6.07) is 0. The van der Waals surface area contributed by atoms with Crippen molar-refractivity contribution in [3.63, 3.8) is 0 Å². The van der Waals surface area contributed by atoms with E-state index in [9.17, 15) is 24.0 Å². The van der Waals surface area contributed by atoms with Gasteiger partial charge in [0, 0.05) is 12.8 Å². The highest BCUT2D eigenvalue weighted by Gasteiger charge is 2.36. The number of rotatable bonds is 36. The Morgan fingerprint density at radius 3 is 1.72 bits per heavy atom. The highest BCUT2D eigenvalue weighted by Crippen LogP contribution is 2.31. The van der Waals surface area contributed by atoms with Gasteiger partial charge in [-0.15, -0.1) is 0 Å². The lowest BCUT2D eigenvalue weighted by Crippen LogP contribution is -2.42. The lowest BCUT2D eigenvalue weighted by Gasteiger charge is -2.29. The summed E-state index contributed by atoms with van der Waals surface area (Å²) < 4.78 is 36.9. The van der Waals surface area contributed by atoms with Crippen LogP contribution in [0.1, 0.15) is 178 Å². The molecule has 0 fully saturated rings. The summed E-state index contributed by atoms with van der Waals surface area (Å²) in [7, 11) is 0. The minimum absolute atomic E-state index is 0.0692. The van der Waals surface area contributed by atoms with Crippen molar-refractivity contribution in [3.05, 3.63) is 36.2 Å². The first-order valence-electron chi connectivity index (χ1n) is 19.4. The zero-order chi connectivity index (χ0) is 38.4. The minimum atomic E-state index is -1.24. The molecule has 14 nitrogen and oxygen atoms in total. The SMILES string of the molecule is CCCCCCCCCCCCCCCCCCCCCC(=O)OC(c1cnco1)c1nc(C(CC(OC=O)C(OC=O)C(C)OC=O)OC=O)co1. The van der Waals surface area contributed by atoms with Crippen LogP contribution in [-0.2, 0) is 47.7 Å². The van der Waals surface area contributed by atoms with Gasteiger partial charge in [0.05, 0.1) is 6.20 Å². The molecule has 2 rings (SSSR count). The Kier molecular flexibility index (Phi) is 24.8. The molecule has 298 valence electrons. The number of nitrogens with zero attached hydrogens (tertiary/aromatic N) is 2. The largest absolute Gasteiger partial charge is 0.461 e. The number of carbonyl (C=O) groups is 5. The van der Waals surface area contributed by atoms with Gasteiger partial charge in [-0.25, -0.2) is 9.97 Å². The molecular weight excluding hydrogens is 688 g/mol. The van der Waals surface area contributed by atoms with E-state index in [1.807, 2.05) is 0 Å². The molecule has 2 heterocycles. The number of esters is 1. The Bertz CT molecular complexity index is 1240. The first-order valence-corrected chi connectivity index (χ1v) is 19.4. The molecular formula is C39H60N2O12. The zero-order valence-corrected chi connectivity index (χ0v) is 31.6. The monoisotopic (exact) mass is 748 g/mol. The second-order valence-corrected chi connectivity index (χ2v) is 13.4. The number of aromatic nitrogens is 2. The average molecular weight is 749 g/mol. The second kappa shape index (κ2) is 29.2. The maximum atomic E-state index is 12.9. The van der Waals surface area contributed by atoms with Crippen molar-refractivity contribution >= 4 is 31.9 Å². The number of hydrogen-bond acceptors (Lipinski definition) is 14. The van der Waals surface area contributed by atoms with E-state index in [-0.39, 0.29) is 56.1 Å². The molecule has 0 aliphatic heterocycles. The lowest BCUT2D eigenvalue weighted by atomic mass is 10.0. The van der Waals surface area contributed by atoms with Crippen LogP contribution in [0, 0.1) is 0 Å². The normalized spacial score (nSPS) is 13.9. The Morgan fingerprint density at radius 1 is 0.698 bits per heavy atom. The molecule has 0 aromatic carbocycles. The molecule has 53 heavy (non-hydrogen) atoms. The van der Waals surface area contributed by atoms with Gasteiger partial charge in [0.1, 0.15) is 24.2 Å². The van der Waals surface area contributed by atoms with Gasteiger partial charge in [-0.3, -0.25) is 24.0 Å².